The fourth-order valence-corrected chi connectivity index (χ4v) is 4.73. The second kappa shape index (κ2) is 7.38. The van der Waals surface area contributed by atoms with Gasteiger partial charge in [0.15, 0.2) is 5.13 Å². The van der Waals surface area contributed by atoms with Crippen molar-refractivity contribution in [3.8, 4) is 0 Å². The molecule has 2 aromatic heterocycles. The highest BCUT2D eigenvalue weighted by Crippen LogP contribution is 2.30. The molecule has 9 heteroatoms. The van der Waals surface area contributed by atoms with Gasteiger partial charge in [-0.15, -0.1) is 11.3 Å². The van der Waals surface area contributed by atoms with Crippen molar-refractivity contribution < 1.29 is 14.0 Å². The van der Waals surface area contributed by atoms with Crippen molar-refractivity contribution in [2.45, 2.75) is 13.0 Å². The minimum Gasteiger partial charge on any atom is -0.333 e. The number of amides is 2. The first kappa shape index (κ1) is 18.1. The van der Waals surface area contributed by atoms with E-state index in [1.165, 1.54) is 40.9 Å². The summed E-state index contributed by atoms with van der Waals surface area (Å²) in [6.45, 7) is 0.726. The zero-order valence-corrected chi connectivity index (χ0v) is 16.3. The van der Waals surface area contributed by atoms with Crippen LogP contribution in [-0.2, 0) is 13.0 Å². The molecular formula is C18H13ClFN3O2S2. The number of carbonyl (C=O) groups excluding carboxylic acids is 2. The zero-order chi connectivity index (χ0) is 19.0. The van der Waals surface area contributed by atoms with Gasteiger partial charge in [0.05, 0.1) is 27.7 Å². The molecule has 0 spiro atoms. The van der Waals surface area contributed by atoms with Crippen molar-refractivity contribution in [3.63, 3.8) is 0 Å². The number of thiophene rings is 1. The van der Waals surface area contributed by atoms with Gasteiger partial charge in [-0.3, -0.25) is 14.9 Å². The van der Waals surface area contributed by atoms with E-state index in [1.54, 1.807) is 11.0 Å². The van der Waals surface area contributed by atoms with Crippen LogP contribution in [0.1, 0.15) is 30.6 Å². The minimum absolute atomic E-state index is 0.0963. The van der Waals surface area contributed by atoms with E-state index in [9.17, 15) is 14.0 Å². The topological polar surface area (TPSA) is 62.3 Å². The standard InChI is InChI=1S/C18H13ClFN3O2S2/c19-10-3-1-4-11(20)15(10)17(25)23-7-6-12-14(9-23)27-18(21-12)22-16(24)13-5-2-8-26-13/h1-5,8H,6-7,9H2,(H,21,22,24). The lowest BCUT2D eigenvalue weighted by Crippen LogP contribution is -2.36. The first-order valence-corrected chi connectivity index (χ1v) is 10.2. The quantitative estimate of drug-likeness (QED) is 0.679. The predicted molar refractivity (Wildman–Crippen MR) is 104 cm³/mol. The molecule has 1 aliphatic heterocycles. The van der Waals surface area contributed by atoms with Crippen LogP contribution in [0.5, 0.6) is 0 Å². The molecule has 0 bridgehead atoms. The van der Waals surface area contributed by atoms with Gasteiger partial charge < -0.3 is 4.90 Å². The molecule has 0 unspecified atom stereocenters. The fraction of sp³-hybridized carbons (Fsp3) is 0.167. The summed E-state index contributed by atoms with van der Waals surface area (Å²) in [6.07, 6.45) is 0.540. The van der Waals surface area contributed by atoms with Crippen LogP contribution in [0.3, 0.4) is 0 Å². The van der Waals surface area contributed by atoms with Crippen LogP contribution in [-0.4, -0.2) is 28.2 Å². The van der Waals surface area contributed by atoms with Crippen LogP contribution in [0, 0.1) is 5.82 Å². The van der Waals surface area contributed by atoms with Crippen LogP contribution in [0.25, 0.3) is 0 Å². The molecule has 1 aliphatic rings. The van der Waals surface area contributed by atoms with Crippen LogP contribution >= 0.6 is 34.3 Å². The molecule has 0 saturated carbocycles. The molecule has 0 fully saturated rings. The number of rotatable bonds is 3. The van der Waals surface area contributed by atoms with Crippen molar-refractivity contribution in [1.82, 2.24) is 9.88 Å². The summed E-state index contributed by atoms with van der Waals surface area (Å²) >= 11 is 8.69. The number of hydrogen-bond donors (Lipinski definition) is 1. The van der Waals surface area contributed by atoms with Gasteiger partial charge in [-0.2, -0.15) is 0 Å². The van der Waals surface area contributed by atoms with E-state index >= 15 is 0 Å². The Balaban J connectivity index is 1.51. The number of nitrogens with zero attached hydrogens (tertiary/aromatic N) is 2. The van der Waals surface area contributed by atoms with E-state index in [1.807, 2.05) is 11.4 Å². The van der Waals surface area contributed by atoms with Crippen LogP contribution in [0.2, 0.25) is 5.02 Å². The largest absolute Gasteiger partial charge is 0.333 e. The lowest BCUT2D eigenvalue weighted by Gasteiger charge is -2.26. The minimum atomic E-state index is -0.633. The van der Waals surface area contributed by atoms with Crippen LogP contribution in [0.4, 0.5) is 9.52 Å². The van der Waals surface area contributed by atoms with Crippen molar-refractivity contribution in [2.24, 2.45) is 0 Å². The molecule has 0 aliphatic carbocycles. The number of benzene rings is 1. The lowest BCUT2D eigenvalue weighted by molar-refractivity contribution is 0.0731. The number of halogens is 2. The SMILES string of the molecule is O=C(Nc1nc2c(s1)CN(C(=O)c1c(F)cccc1Cl)CC2)c1cccs1. The highest BCUT2D eigenvalue weighted by atomic mass is 35.5. The van der Waals surface area contributed by atoms with E-state index in [-0.39, 0.29) is 16.5 Å². The number of nitrogens with one attached hydrogen (secondary N) is 1. The Morgan fingerprint density at radius 1 is 1.26 bits per heavy atom. The van der Waals surface area contributed by atoms with E-state index in [0.29, 0.717) is 29.5 Å². The van der Waals surface area contributed by atoms with Gasteiger partial charge in [-0.05, 0) is 23.6 Å². The second-order valence-corrected chi connectivity index (χ2v) is 8.33. The molecule has 3 aromatic rings. The molecule has 2 amide bonds. The first-order chi connectivity index (χ1) is 13.0. The van der Waals surface area contributed by atoms with Crippen molar-refractivity contribution in [2.75, 3.05) is 11.9 Å². The molecule has 4 rings (SSSR count). The summed E-state index contributed by atoms with van der Waals surface area (Å²) in [7, 11) is 0. The molecule has 138 valence electrons. The maximum atomic E-state index is 14.0. The van der Waals surface area contributed by atoms with Gasteiger partial charge in [0, 0.05) is 17.8 Å². The number of hydrogen-bond acceptors (Lipinski definition) is 5. The number of aromatic nitrogens is 1. The first-order valence-electron chi connectivity index (χ1n) is 8.09. The van der Waals surface area contributed by atoms with E-state index in [2.05, 4.69) is 10.3 Å². The Kier molecular flexibility index (Phi) is 4.94. The maximum Gasteiger partial charge on any atom is 0.267 e. The van der Waals surface area contributed by atoms with Gasteiger partial charge in [0.1, 0.15) is 5.82 Å². The molecule has 3 heterocycles. The Hall–Kier alpha value is -2.29. The normalized spacial score (nSPS) is 13.3. The second-order valence-electron chi connectivity index (χ2n) is 5.89. The highest BCUT2D eigenvalue weighted by molar-refractivity contribution is 7.16. The fourth-order valence-electron chi connectivity index (χ4n) is 2.85. The number of anilines is 1. The van der Waals surface area contributed by atoms with Gasteiger partial charge in [0.25, 0.3) is 11.8 Å². The van der Waals surface area contributed by atoms with Gasteiger partial charge >= 0.3 is 0 Å². The molecule has 1 aromatic carbocycles. The third-order valence-corrected chi connectivity index (χ3v) is 6.34. The smallest absolute Gasteiger partial charge is 0.267 e. The van der Waals surface area contributed by atoms with Gasteiger partial charge in [0.2, 0.25) is 0 Å². The van der Waals surface area contributed by atoms with Crippen LogP contribution < -0.4 is 5.32 Å². The average Bonchev–Trinajstić information content (AvgIpc) is 3.30. The third kappa shape index (κ3) is 3.60. The van der Waals surface area contributed by atoms with Gasteiger partial charge in [-0.1, -0.05) is 35.1 Å². The average molecular weight is 422 g/mol. The summed E-state index contributed by atoms with van der Waals surface area (Å²) in [6, 6.07) is 7.74. The Morgan fingerprint density at radius 2 is 2.11 bits per heavy atom. The number of thiazole rings is 1. The summed E-state index contributed by atoms with van der Waals surface area (Å²) in [5.41, 5.74) is 0.739. The lowest BCUT2D eigenvalue weighted by atomic mass is 10.1. The van der Waals surface area contributed by atoms with E-state index in [0.717, 1.165) is 10.6 Å². The summed E-state index contributed by atoms with van der Waals surface area (Å²) in [4.78, 5) is 32.4. The van der Waals surface area contributed by atoms with Gasteiger partial charge in [-0.25, -0.2) is 9.37 Å². The molecule has 1 N–H and O–H groups in total. The van der Waals surface area contributed by atoms with E-state index in [4.69, 9.17) is 11.6 Å². The van der Waals surface area contributed by atoms with Crippen molar-refractivity contribution in [3.05, 3.63) is 67.6 Å². The molecule has 0 radical (unpaired) electrons. The highest BCUT2D eigenvalue weighted by Gasteiger charge is 2.28. The summed E-state index contributed by atoms with van der Waals surface area (Å²) in [5.74, 6) is -1.28. The maximum absolute atomic E-state index is 14.0. The van der Waals surface area contributed by atoms with Crippen molar-refractivity contribution in [1.29, 1.82) is 0 Å². The Morgan fingerprint density at radius 3 is 2.85 bits per heavy atom. The Labute approximate surface area is 167 Å². The molecule has 27 heavy (non-hydrogen) atoms. The summed E-state index contributed by atoms with van der Waals surface area (Å²) < 4.78 is 14.0. The number of carbonyl (C=O) groups is 2. The van der Waals surface area contributed by atoms with Crippen LogP contribution in [0.15, 0.2) is 35.7 Å². The third-order valence-electron chi connectivity index (χ3n) is 4.16. The molecule has 5 nitrogen and oxygen atoms in total. The van der Waals surface area contributed by atoms with E-state index < -0.39 is 11.7 Å². The predicted octanol–water partition coefficient (Wildman–Crippen LogP) is 4.45. The monoisotopic (exact) mass is 421 g/mol. The molecule has 0 saturated heterocycles. The Bertz CT molecular complexity index is 1000. The molecule has 0 atom stereocenters. The molecular weight excluding hydrogens is 409 g/mol. The number of fused-ring (bicyclic) bond motifs is 1. The summed E-state index contributed by atoms with van der Waals surface area (Å²) in [5, 5.41) is 5.22. The van der Waals surface area contributed by atoms with Crippen molar-refractivity contribution >= 4 is 51.2 Å². The zero-order valence-electron chi connectivity index (χ0n) is 13.9.